The second-order valence-corrected chi connectivity index (χ2v) is 7.53. The van der Waals surface area contributed by atoms with Gasteiger partial charge in [-0.15, -0.1) is 12.8 Å². The fourth-order valence-electron chi connectivity index (χ4n) is 3.69. The molecule has 0 aromatic heterocycles. The van der Waals surface area contributed by atoms with Gasteiger partial charge in [0.2, 0.25) is 12.3 Å². The second kappa shape index (κ2) is 10.1. The van der Waals surface area contributed by atoms with Crippen LogP contribution in [0, 0.1) is 12.8 Å². The van der Waals surface area contributed by atoms with E-state index in [0.29, 0.717) is 11.6 Å². The van der Waals surface area contributed by atoms with Crippen molar-refractivity contribution in [3.8, 4) is 12.8 Å². The number of nitrogens with two attached hydrogens (primary N) is 1. The molecule has 146 valence electrons. The molecule has 0 bridgehead atoms. The lowest BCUT2D eigenvalue weighted by molar-refractivity contribution is -0.121. The Bertz CT molecular complexity index is 633. The molecule has 0 radical (unpaired) electrons. The van der Waals surface area contributed by atoms with E-state index >= 15 is 0 Å². The third kappa shape index (κ3) is 5.83. The van der Waals surface area contributed by atoms with Crippen LogP contribution in [0.15, 0.2) is 24.3 Å². The zero-order chi connectivity index (χ0) is 19.8. The molecule has 2 aliphatic carbocycles. The van der Waals surface area contributed by atoms with Gasteiger partial charge in [0.15, 0.2) is 0 Å². The summed E-state index contributed by atoms with van der Waals surface area (Å²) in [5.74, 6) is 0.393. The molecule has 2 saturated carbocycles. The van der Waals surface area contributed by atoms with Gasteiger partial charge < -0.3 is 10.6 Å². The average Bonchev–Trinajstić information content (AvgIpc) is 3.49. The predicted octanol–water partition coefficient (Wildman–Crippen LogP) is 2.61. The first-order valence-electron chi connectivity index (χ1n) is 9.76. The van der Waals surface area contributed by atoms with Gasteiger partial charge in [0.05, 0.1) is 0 Å². The van der Waals surface area contributed by atoms with Crippen molar-refractivity contribution < 1.29 is 9.59 Å². The molecule has 3 aliphatic rings. The number of hydrogen-bond donors (Lipinski definition) is 1. The summed E-state index contributed by atoms with van der Waals surface area (Å²) >= 11 is 0. The number of piperazine rings is 1. The fraction of sp³-hybridized carbons (Fsp3) is 0.545. The minimum absolute atomic E-state index is 0.350. The first-order valence-corrected chi connectivity index (χ1v) is 9.76. The van der Waals surface area contributed by atoms with Crippen LogP contribution in [0.3, 0.4) is 0 Å². The Kier molecular flexibility index (Phi) is 7.87. The van der Waals surface area contributed by atoms with E-state index in [9.17, 15) is 9.59 Å². The third-order valence-electron chi connectivity index (χ3n) is 5.65. The van der Waals surface area contributed by atoms with Gasteiger partial charge in [-0.05, 0) is 56.2 Å². The molecule has 1 saturated heterocycles. The number of carbonyl (C=O) groups is 2. The topological polar surface area (TPSA) is 66.6 Å². The van der Waals surface area contributed by atoms with Crippen LogP contribution in [-0.4, -0.2) is 53.8 Å². The van der Waals surface area contributed by atoms with Crippen LogP contribution in [0.1, 0.15) is 60.9 Å². The third-order valence-corrected chi connectivity index (χ3v) is 5.65. The number of carbonyl (C=O) groups excluding carboxylic acids is 2. The standard InChI is InChI=1S/C10H18N2O.C10H11NO.C2H2/c1-9-7-11(8-13)5-6-12(9)10-3-2-4-10;11-10(12)9-5-3-8(4-6-9)7-1-2-7;1-2/h8-10H,2-7H2,1H3;3-7H,1-2H2,(H2,11,12);1-2H/t9-;;/m1../s1. The van der Waals surface area contributed by atoms with Crippen LogP contribution in [0.5, 0.6) is 0 Å². The molecule has 1 heterocycles. The minimum Gasteiger partial charge on any atom is -0.366 e. The van der Waals surface area contributed by atoms with E-state index < -0.39 is 0 Å². The number of rotatable bonds is 4. The smallest absolute Gasteiger partial charge is 0.248 e. The highest BCUT2D eigenvalue weighted by Crippen LogP contribution is 2.39. The number of benzene rings is 1. The number of nitrogens with zero attached hydrogens (tertiary/aromatic N) is 2. The molecular weight excluding hydrogens is 338 g/mol. The van der Waals surface area contributed by atoms with E-state index in [0.717, 1.165) is 38.0 Å². The number of primary amides is 1. The van der Waals surface area contributed by atoms with Crippen LogP contribution in [-0.2, 0) is 4.79 Å². The Balaban J connectivity index is 0.000000178. The molecule has 1 atom stereocenters. The number of hydrogen-bond acceptors (Lipinski definition) is 3. The molecular formula is C22H31N3O2. The van der Waals surface area contributed by atoms with Gasteiger partial charge in [-0.1, -0.05) is 18.6 Å². The highest BCUT2D eigenvalue weighted by molar-refractivity contribution is 5.92. The van der Waals surface area contributed by atoms with E-state index in [-0.39, 0.29) is 5.91 Å². The lowest BCUT2D eigenvalue weighted by Crippen LogP contribution is -2.56. The van der Waals surface area contributed by atoms with Crippen molar-refractivity contribution in [1.29, 1.82) is 0 Å². The average molecular weight is 370 g/mol. The van der Waals surface area contributed by atoms with Crippen molar-refractivity contribution in [2.75, 3.05) is 19.6 Å². The van der Waals surface area contributed by atoms with Gasteiger partial charge in [-0.25, -0.2) is 0 Å². The van der Waals surface area contributed by atoms with Crippen molar-refractivity contribution in [1.82, 2.24) is 9.80 Å². The van der Waals surface area contributed by atoms with E-state index in [1.165, 1.54) is 37.7 Å². The molecule has 1 aromatic carbocycles. The van der Waals surface area contributed by atoms with Crippen molar-refractivity contribution in [3.63, 3.8) is 0 Å². The maximum atomic E-state index is 10.7. The van der Waals surface area contributed by atoms with E-state index in [1.807, 2.05) is 17.0 Å². The maximum Gasteiger partial charge on any atom is 0.248 e. The summed E-state index contributed by atoms with van der Waals surface area (Å²) in [4.78, 5) is 25.8. The molecule has 2 N–H and O–H groups in total. The van der Waals surface area contributed by atoms with Gasteiger partial charge >= 0.3 is 0 Å². The molecule has 1 aliphatic heterocycles. The van der Waals surface area contributed by atoms with Crippen LogP contribution < -0.4 is 5.73 Å². The summed E-state index contributed by atoms with van der Waals surface area (Å²) in [6.07, 6.45) is 15.7. The molecule has 5 nitrogen and oxygen atoms in total. The first-order chi connectivity index (χ1) is 13.1. The van der Waals surface area contributed by atoms with Gasteiger partial charge in [0.1, 0.15) is 0 Å². The van der Waals surface area contributed by atoms with Crippen LogP contribution >= 0.6 is 0 Å². The zero-order valence-electron chi connectivity index (χ0n) is 16.2. The van der Waals surface area contributed by atoms with Crippen molar-refractivity contribution in [3.05, 3.63) is 35.4 Å². The van der Waals surface area contributed by atoms with Gasteiger partial charge in [0.25, 0.3) is 0 Å². The molecule has 5 heteroatoms. The lowest BCUT2D eigenvalue weighted by Gasteiger charge is -2.46. The van der Waals surface area contributed by atoms with Crippen molar-refractivity contribution in [2.24, 2.45) is 5.73 Å². The van der Waals surface area contributed by atoms with Crippen molar-refractivity contribution >= 4 is 12.3 Å². The van der Waals surface area contributed by atoms with Gasteiger partial charge in [-0.3, -0.25) is 14.5 Å². The maximum absolute atomic E-state index is 10.7. The van der Waals surface area contributed by atoms with Gasteiger partial charge in [0, 0.05) is 37.3 Å². The quantitative estimate of drug-likeness (QED) is 0.655. The second-order valence-electron chi connectivity index (χ2n) is 7.53. The Hall–Kier alpha value is -2.32. The highest BCUT2D eigenvalue weighted by Gasteiger charge is 2.31. The summed E-state index contributed by atoms with van der Waals surface area (Å²) in [5, 5.41) is 0. The molecule has 3 fully saturated rings. The Morgan fingerprint density at radius 3 is 2.15 bits per heavy atom. The largest absolute Gasteiger partial charge is 0.366 e. The monoisotopic (exact) mass is 369 g/mol. The first kappa shape index (κ1) is 21.0. The molecule has 0 unspecified atom stereocenters. The summed E-state index contributed by atoms with van der Waals surface area (Å²) in [7, 11) is 0. The fourth-order valence-corrected chi connectivity index (χ4v) is 3.69. The van der Waals surface area contributed by atoms with E-state index in [2.05, 4.69) is 24.7 Å². The highest BCUT2D eigenvalue weighted by atomic mass is 16.1. The normalized spacial score (nSPS) is 22.3. The SMILES string of the molecule is C#C.C[C@@H]1CN(C=O)CCN1C1CCC1.NC(=O)c1ccc(C2CC2)cc1. The Morgan fingerprint density at radius 1 is 1.11 bits per heavy atom. The van der Waals surface area contributed by atoms with E-state index in [4.69, 9.17) is 5.73 Å². The number of terminal acetylenes is 1. The van der Waals surface area contributed by atoms with E-state index in [1.54, 1.807) is 12.1 Å². The number of amides is 2. The summed E-state index contributed by atoms with van der Waals surface area (Å²) < 4.78 is 0. The van der Waals surface area contributed by atoms with Crippen LogP contribution in [0.4, 0.5) is 0 Å². The zero-order valence-corrected chi connectivity index (χ0v) is 16.2. The summed E-state index contributed by atoms with van der Waals surface area (Å²) in [6, 6.07) is 8.98. The Labute approximate surface area is 162 Å². The minimum atomic E-state index is -0.350. The van der Waals surface area contributed by atoms with Crippen LogP contribution in [0.2, 0.25) is 0 Å². The molecule has 4 rings (SSSR count). The summed E-state index contributed by atoms with van der Waals surface area (Å²) in [5.41, 5.74) is 7.05. The molecule has 27 heavy (non-hydrogen) atoms. The van der Waals surface area contributed by atoms with Gasteiger partial charge in [-0.2, -0.15) is 0 Å². The van der Waals surface area contributed by atoms with Crippen LogP contribution in [0.25, 0.3) is 0 Å². The molecule has 0 spiro atoms. The molecule has 2 amide bonds. The predicted molar refractivity (Wildman–Crippen MR) is 108 cm³/mol. The lowest BCUT2D eigenvalue weighted by atomic mass is 9.90. The van der Waals surface area contributed by atoms with Crippen molar-refractivity contribution in [2.45, 2.75) is 57.0 Å². The summed E-state index contributed by atoms with van der Waals surface area (Å²) in [6.45, 7) is 5.14. The molecule has 1 aromatic rings. The Morgan fingerprint density at radius 2 is 1.74 bits per heavy atom.